The summed E-state index contributed by atoms with van der Waals surface area (Å²) in [6, 6.07) is 23.4. The highest BCUT2D eigenvalue weighted by Crippen LogP contribution is 2.19. The van der Waals surface area contributed by atoms with Crippen LogP contribution >= 0.6 is 0 Å². The standard InChI is InChI=1S/C26H25NO5S/c28-26(23-10-12-25(13-11-23)33(29,30)27-15-17-31-18-16-27)14-9-21-7-4-8-24(19-21)32-20-22-5-2-1-3-6-22/h1-14,19H,15-18,20H2. The molecule has 1 aliphatic rings. The highest BCUT2D eigenvalue weighted by atomic mass is 32.2. The molecule has 3 aromatic carbocycles. The summed E-state index contributed by atoms with van der Waals surface area (Å²) in [5, 5.41) is 0. The van der Waals surface area contributed by atoms with Gasteiger partial charge in [0.1, 0.15) is 12.4 Å². The highest BCUT2D eigenvalue weighted by molar-refractivity contribution is 7.89. The number of sulfonamides is 1. The minimum atomic E-state index is -3.58. The molecule has 0 N–H and O–H groups in total. The summed E-state index contributed by atoms with van der Waals surface area (Å²) >= 11 is 0. The van der Waals surface area contributed by atoms with Crippen molar-refractivity contribution in [2.75, 3.05) is 26.3 Å². The number of hydrogen-bond acceptors (Lipinski definition) is 5. The summed E-state index contributed by atoms with van der Waals surface area (Å²) in [6.45, 7) is 1.91. The van der Waals surface area contributed by atoms with Crippen molar-refractivity contribution in [3.8, 4) is 5.75 Å². The lowest BCUT2D eigenvalue weighted by Gasteiger charge is -2.26. The van der Waals surface area contributed by atoms with E-state index in [4.69, 9.17) is 9.47 Å². The molecule has 0 atom stereocenters. The normalized spacial score (nSPS) is 14.9. The fourth-order valence-corrected chi connectivity index (χ4v) is 4.85. The summed E-state index contributed by atoms with van der Waals surface area (Å²) in [7, 11) is -3.58. The van der Waals surface area contributed by atoms with Gasteiger partial charge in [-0.15, -0.1) is 0 Å². The topological polar surface area (TPSA) is 72.9 Å². The summed E-state index contributed by atoms with van der Waals surface area (Å²) in [5.41, 5.74) is 2.33. The maximum Gasteiger partial charge on any atom is 0.243 e. The molecule has 1 aliphatic heterocycles. The molecule has 3 aromatic rings. The number of morpholine rings is 1. The van der Waals surface area contributed by atoms with E-state index in [0.717, 1.165) is 11.1 Å². The smallest absolute Gasteiger partial charge is 0.243 e. The SMILES string of the molecule is O=C(C=Cc1cccc(OCc2ccccc2)c1)c1ccc(S(=O)(=O)N2CCOCC2)cc1. The molecular weight excluding hydrogens is 438 g/mol. The van der Waals surface area contributed by atoms with Crippen LogP contribution < -0.4 is 4.74 Å². The number of ketones is 1. The lowest BCUT2D eigenvalue weighted by atomic mass is 10.1. The maximum absolute atomic E-state index is 12.7. The van der Waals surface area contributed by atoms with Gasteiger partial charge in [0.05, 0.1) is 18.1 Å². The van der Waals surface area contributed by atoms with Gasteiger partial charge in [-0.2, -0.15) is 4.31 Å². The number of benzene rings is 3. The molecule has 6 nitrogen and oxygen atoms in total. The van der Waals surface area contributed by atoms with Crippen LogP contribution in [0.2, 0.25) is 0 Å². The monoisotopic (exact) mass is 463 g/mol. The van der Waals surface area contributed by atoms with E-state index < -0.39 is 10.0 Å². The van der Waals surface area contributed by atoms with Crippen LogP contribution in [-0.2, 0) is 21.4 Å². The fourth-order valence-electron chi connectivity index (χ4n) is 3.44. The largest absolute Gasteiger partial charge is 0.489 e. The molecule has 0 unspecified atom stereocenters. The Bertz CT molecular complexity index is 1220. The van der Waals surface area contributed by atoms with Crippen molar-refractivity contribution in [2.45, 2.75) is 11.5 Å². The van der Waals surface area contributed by atoms with Crippen molar-refractivity contribution in [2.24, 2.45) is 0 Å². The van der Waals surface area contributed by atoms with E-state index in [9.17, 15) is 13.2 Å². The second kappa shape index (κ2) is 10.6. The van der Waals surface area contributed by atoms with Gasteiger partial charge in [0, 0.05) is 18.7 Å². The molecule has 0 aliphatic carbocycles. The van der Waals surface area contributed by atoms with Gasteiger partial charge in [-0.3, -0.25) is 4.79 Å². The number of hydrogen-bond donors (Lipinski definition) is 0. The van der Waals surface area contributed by atoms with E-state index in [-0.39, 0.29) is 10.7 Å². The Morgan fingerprint density at radius 2 is 1.67 bits per heavy atom. The fraction of sp³-hybridized carbons (Fsp3) is 0.192. The molecule has 0 aromatic heterocycles. The van der Waals surface area contributed by atoms with Crippen molar-refractivity contribution in [1.82, 2.24) is 4.31 Å². The van der Waals surface area contributed by atoms with Crippen molar-refractivity contribution in [3.05, 3.63) is 102 Å². The Labute approximate surface area is 194 Å². The second-order valence-corrected chi connectivity index (χ2v) is 9.52. The zero-order chi connectivity index (χ0) is 23.1. The molecule has 0 amide bonds. The van der Waals surface area contributed by atoms with Crippen molar-refractivity contribution < 1.29 is 22.7 Å². The molecule has 1 saturated heterocycles. The van der Waals surface area contributed by atoms with E-state index in [1.54, 1.807) is 18.2 Å². The Morgan fingerprint density at radius 3 is 2.39 bits per heavy atom. The Balaban J connectivity index is 1.39. The van der Waals surface area contributed by atoms with Crippen LogP contribution in [0.4, 0.5) is 0 Å². The minimum Gasteiger partial charge on any atom is -0.489 e. The first-order valence-corrected chi connectivity index (χ1v) is 12.1. The second-order valence-electron chi connectivity index (χ2n) is 7.59. The van der Waals surface area contributed by atoms with E-state index in [2.05, 4.69) is 0 Å². The van der Waals surface area contributed by atoms with Crippen LogP contribution in [-0.4, -0.2) is 44.8 Å². The first kappa shape index (κ1) is 22.9. The first-order chi connectivity index (χ1) is 16.0. The summed E-state index contributed by atoms with van der Waals surface area (Å²) in [5.74, 6) is 0.507. The average molecular weight is 464 g/mol. The lowest BCUT2D eigenvalue weighted by Crippen LogP contribution is -2.40. The predicted octanol–water partition coefficient (Wildman–Crippen LogP) is 4.18. The van der Waals surface area contributed by atoms with E-state index in [1.165, 1.54) is 22.5 Å². The van der Waals surface area contributed by atoms with Crippen LogP contribution in [0.15, 0.2) is 89.8 Å². The third kappa shape index (κ3) is 5.96. The third-order valence-electron chi connectivity index (χ3n) is 5.28. The summed E-state index contributed by atoms with van der Waals surface area (Å²) < 4.78 is 37.9. The molecule has 33 heavy (non-hydrogen) atoms. The molecule has 0 bridgehead atoms. The van der Waals surface area contributed by atoms with Gasteiger partial charge in [-0.05, 0) is 53.6 Å². The zero-order valence-corrected chi connectivity index (χ0v) is 18.9. The third-order valence-corrected chi connectivity index (χ3v) is 7.19. The highest BCUT2D eigenvalue weighted by Gasteiger charge is 2.26. The van der Waals surface area contributed by atoms with Gasteiger partial charge in [-0.1, -0.05) is 48.5 Å². The van der Waals surface area contributed by atoms with E-state index in [0.29, 0.717) is 44.2 Å². The Kier molecular flexibility index (Phi) is 7.34. The number of carbonyl (C=O) groups excluding carboxylic acids is 1. The van der Waals surface area contributed by atoms with Crippen LogP contribution in [0, 0.1) is 0 Å². The van der Waals surface area contributed by atoms with Crippen LogP contribution in [0.25, 0.3) is 6.08 Å². The molecule has 0 radical (unpaired) electrons. The van der Waals surface area contributed by atoms with E-state index >= 15 is 0 Å². The van der Waals surface area contributed by atoms with E-state index in [1.807, 2.05) is 54.6 Å². The predicted molar refractivity (Wildman–Crippen MR) is 127 cm³/mol. The Hall–Kier alpha value is -3.26. The minimum absolute atomic E-state index is 0.174. The Morgan fingerprint density at radius 1 is 0.939 bits per heavy atom. The molecule has 1 heterocycles. The van der Waals surface area contributed by atoms with Crippen LogP contribution in [0.3, 0.4) is 0 Å². The quantitative estimate of drug-likeness (QED) is 0.370. The van der Waals surface area contributed by atoms with Gasteiger partial charge >= 0.3 is 0 Å². The summed E-state index contributed by atoms with van der Waals surface area (Å²) in [4.78, 5) is 12.8. The molecular formula is C26H25NO5S. The number of nitrogens with zero attached hydrogens (tertiary/aromatic N) is 1. The van der Waals surface area contributed by atoms with Gasteiger partial charge in [0.15, 0.2) is 5.78 Å². The molecule has 0 spiro atoms. The number of rotatable bonds is 8. The summed E-state index contributed by atoms with van der Waals surface area (Å²) in [6.07, 6.45) is 3.19. The average Bonchev–Trinajstić information content (AvgIpc) is 2.87. The molecule has 0 saturated carbocycles. The molecule has 4 rings (SSSR count). The molecule has 1 fully saturated rings. The maximum atomic E-state index is 12.7. The van der Waals surface area contributed by atoms with Crippen molar-refractivity contribution in [1.29, 1.82) is 0 Å². The number of carbonyl (C=O) groups is 1. The lowest BCUT2D eigenvalue weighted by molar-refractivity contribution is 0.0730. The zero-order valence-electron chi connectivity index (χ0n) is 18.1. The van der Waals surface area contributed by atoms with Crippen molar-refractivity contribution in [3.63, 3.8) is 0 Å². The van der Waals surface area contributed by atoms with Gasteiger partial charge in [0.25, 0.3) is 0 Å². The van der Waals surface area contributed by atoms with Crippen LogP contribution in [0.1, 0.15) is 21.5 Å². The van der Waals surface area contributed by atoms with Crippen LogP contribution in [0.5, 0.6) is 5.75 Å². The number of ether oxygens (including phenoxy) is 2. The van der Waals surface area contributed by atoms with Crippen molar-refractivity contribution >= 4 is 21.9 Å². The van der Waals surface area contributed by atoms with Gasteiger partial charge in [-0.25, -0.2) is 8.42 Å². The molecule has 7 heteroatoms. The molecule has 170 valence electrons. The first-order valence-electron chi connectivity index (χ1n) is 10.7. The number of allylic oxidation sites excluding steroid dienone is 1. The van der Waals surface area contributed by atoms with Gasteiger partial charge in [0.2, 0.25) is 10.0 Å². The van der Waals surface area contributed by atoms with Gasteiger partial charge < -0.3 is 9.47 Å².